The monoisotopic (exact) mass is 261 g/mol. The second kappa shape index (κ2) is 6.56. The van der Waals surface area contributed by atoms with Crippen molar-refractivity contribution < 1.29 is 17.5 Å². The molecule has 0 radical (unpaired) electrons. The van der Waals surface area contributed by atoms with Crippen LogP contribution in [-0.2, 0) is 9.84 Å². The third kappa shape index (κ3) is 6.91. The number of hydrogen-bond acceptors (Lipinski definition) is 4. The van der Waals surface area contributed by atoms with E-state index in [2.05, 4.69) is 5.32 Å². The average molecular weight is 261 g/mol. The van der Waals surface area contributed by atoms with Gasteiger partial charge in [0.2, 0.25) is 0 Å². The number of nitrogens with one attached hydrogen (secondary N) is 1. The van der Waals surface area contributed by atoms with Crippen LogP contribution in [0.4, 0.5) is 4.39 Å². The number of halogens is 1. The van der Waals surface area contributed by atoms with Crippen molar-refractivity contribution in [3.8, 4) is 5.75 Å². The quantitative estimate of drug-likeness (QED) is 0.739. The number of hydrogen-bond donors (Lipinski definition) is 1. The summed E-state index contributed by atoms with van der Waals surface area (Å²) >= 11 is 0. The van der Waals surface area contributed by atoms with Gasteiger partial charge in [-0.3, -0.25) is 0 Å². The van der Waals surface area contributed by atoms with Gasteiger partial charge in [0.15, 0.2) is 0 Å². The molecule has 4 nitrogen and oxygen atoms in total. The van der Waals surface area contributed by atoms with Crippen molar-refractivity contribution in [1.29, 1.82) is 0 Å². The van der Waals surface area contributed by atoms with Crippen LogP contribution in [-0.4, -0.2) is 40.1 Å². The summed E-state index contributed by atoms with van der Waals surface area (Å²) in [6, 6.07) is 5.75. The predicted molar refractivity (Wildman–Crippen MR) is 64.5 cm³/mol. The molecule has 0 aliphatic carbocycles. The van der Waals surface area contributed by atoms with Gasteiger partial charge < -0.3 is 10.1 Å². The highest BCUT2D eigenvalue weighted by Crippen LogP contribution is 2.10. The minimum Gasteiger partial charge on any atom is -0.492 e. The van der Waals surface area contributed by atoms with Crippen LogP contribution in [0.2, 0.25) is 0 Å². The van der Waals surface area contributed by atoms with Crippen molar-refractivity contribution in [2.45, 2.75) is 0 Å². The van der Waals surface area contributed by atoms with Gasteiger partial charge in [-0.05, 0) is 24.3 Å². The lowest BCUT2D eigenvalue weighted by molar-refractivity contribution is 0.315. The topological polar surface area (TPSA) is 55.4 Å². The summed E-state index contributed by atoms with van der Waals surface area (Å²) in [7, 11) is -2.91. The molecular formula is C11H16FNO3S. The molecule has 0 atom stereocenters. The van der Waals surface area contributed by atoms with Crippen molar-refractivity contribution in [3.63, 3.8) is 0 Å². The molecule has 0 saturated carbocycles. The van der Waals surface area contributed by atoms with Gasteiger partial charge in [0, 0.05) is 19.3 Å². The first-order valence-corrected chi connectivity index (χ1v) is 7.30. The first-order chi connectivity index (χ1) is 7.97. The standard InChI is InChI=1S/C11H16FNO3S/c1-17(14,15)9-7-13-6-8-16-11-4-2-10(12)3-5-11/h2-5,13H,6-9H2,1H3. The molecule has 1 aromatic rings. The molecule has 0 fully saturated rings. The fourth-order valence-electron chi connectivity index (χ4n) is 1.15. The Labute approximate surface area is 101 Å². The molecule has 0 aromatic heterocycles. The van der Waals surface area contributed by atoms with Crippen LogP contribution in [0.5, 0.6) is 5.75 Å². The zero-order chi connectivity index (χ0) is 12.7. The van der Waals surface area contributed by atoms with E-state index in [4.69, 9.17) is 4.74 Å². The molecule has 1 rings (SSSR count). The van der Waals surface area contributed by atoms with Crippen molar-refractivity contribution in [1.82, 2.24) is 5.32 Å². The van der Waals surface area contributed by atoms with E-state index in [1.165, 1.54) is 18.4 Å². The van der Waals surface area contributed by atoms with Gasteiger partial charge in [0.05, 0.1) is 5.75 Å². The van der Waals surface area contributed by atoms with Gasteiger partial charge in [0.25, 0.3) is 0 Å². The van der Waals surface area contributed by atoms with E-state index in [9.17, 15) is 12.8 Å². The average Bonchev–Trinajstić information content (AvgIpc) is 2.24. The molecule has 0 unspecified atom stereocenters. The number of rotatable bonds is 7. The van der Waals surface area contributed by atoms with Crippen LogP contribution in [0.3, 0.4) is 0 Å². The summed E-state index contributed by atoms with van der Waals surface area (Å²) in [6.07, 6.45) is 1.20. The minimum atomic E-state index is -2.91. The predicted octanol–water partition coefficient (Wildman–Crippen LogP) is 0.839. The molecule has 1 N–H and O–H groups in total. The van der Waals surface area contributed by atoms with E-state index in [1.54, 1.807) is 12.1 Å². The van der Waals surface area contributed by atoms with Crippen molar-refractivity contribution >= 4 is 9.84 Å². The molecule has 0 saturated heterocycles. The van der Waals surface area contributed by atoms with E-state index in [-0.39, 0.29) is 11.6 Å². The smallest absolute Gasteiger partial charge is 0.148 e. The Hall–Kier alpha value is -1.14. The van der Waals surface area contributed by atoms with Gasteiger partial charge in [0.1, 0.15) is 28.0 Å². The molecule has 96 valence electrons. The van der Waals surface area contributed by atoms with E-state index in [0.717, 1.165) is 0 Å². The van der Waals surface area contributed by atoms with Gasteiger partial charge >= 0.3 is 0 Å². The van der Waals surface area contributed by atoms with E-state index in [1.807, 2.05) is 0 Å². The van der Waals surface area contributed by atoms with Gasteiger partial charge in [-0.2, -0.15) is 0 Å². The molecule has 0 heterocycles. The number of benzene rings is 1. The summed E-state index contributed by atoms with van der Waals surface area (Å²) in [5, 5.41) is 2.95. The Morgan fingerprint density at radius 2 is 1.88 bits per heavy atom. The second-order valence-electron chi connectivity index (χ2n) is 3.68. The third-order valence-electron chi connectivity index (χ3n) is 2.01. The zero-order valence-corrected chi connectivity index (χ0v) is 10.5. The maximum atomic E-state index is 12.6. The summed E-state index contributed by atoms with van der Waals surface area (Å²) in [4.78, 5) is 0. The first-order valence-electron chi connectivity index (χ1n) is 5.24. The molecular weight excluding hydrogens is 245 g/mol. The van der Waals surface area contributed by atoms with Crippen molar-refractivity contribution in [3.05, 3.63) is 30.1 Å². The van der Waals surface area contributed by atoms with Gasteiger partial charge in [-0.1, -0.05) is 0 Å². The van der Waals surface area contributed by atoms with E-state index >= 15 is 0 Å². The number of sulfone groups is 1. The van der Waals surface area contributed by atoms with E-state index < -0.39 is 9.84 Å². The van der Waals surface area contributed by atoms with Crippen LogP contribution in [0.25, 0.3) is 0 Å². The fraction of sp³-hybridized carbons (Fsp3) is 0.455. The van der Waals surface area contributed by atoms with Crippen LogP contribution < -0.4 is 10.1 Å². The second-order valence-corrected chi connectivity index (χ2v) is 5.94. The van der Waals surface area contributed by atoms with Crippen molar-refractivity contribution in [2.75, 3.05) is 31.7 Å². The van der Waals surface area contributed by atoms with Crippen LogP contribution in [0.15, 0.2) is 24.3 Å². The van der Waals surface area contributed by atoms with Crippen LogP contribution >= 0.6 is 0 Å². The SMILES string of the molecule is CS(=O)(=O)CCNCCOc1ccc(F)cc1. The minimum absolute atomic E-state index is 0.115. The molecule has 1 aromatic carbocycles. The van der Waals surface area contributed by atoms with Crippen LogP contribution in [0.1, 0.15) is 0 Å². The highest BCUT2D eigenvalue weighted by molar-refractivity contribution is 7.90. The third-order valence-corrected chi connectivity index (χ3v) is 2.96. The highest BCUT2D eigenvalue weighted by Gasteiger charge is 2.00. The first kappa shape index (κ1) is 13.9. The summed E-state index contributed by atoms with van der Waals surface area (Å²) < 4.78 is 39.5. The van der Waals surface area contributed by atoms with Crippen molar-refractivity contribution in [2.24, 2.45) is 0 Å². The lowest BCUT2D eigenvalue weighted by atomic mass is 10.3. The van der Waals surface area contributed by atoms with Gasteiger partial charge in [-0.15, -0.1) is 0 Å². The van der Waals surface area contributed by atoms with E-state index in [0.29, 0.717) is 25.4 Å². The molecule has 0 spiro atoms. The lowest BCUT2D eigenvalue weighted by Crippen LogP contribution is -2.26. The molecule has 17 heavy (non-hydrogen) atoms. The molecule has 0 aliphatic rings. The maximum absolute atomic E-state index is 12.6. The Morgan fingerprint density at radius 1 is 1.24 bits per heavy atom. The summed E-state index contributed by atoms with van der Waals surface area (Å²) in [5.41, 5.74) is 0. The molecule has 0 aliphatic heterocycles. The zero-order valence-electron chi connectivity index (χ0n) is 9.65. The Morgan fingerprint density at radius 3 is 2.47 bits per heavy atom. The number of ether oxygens (including phenoxy) is 1. The summed E-state index contributed by atoms with van der Waals surface area (Å²) in [5.74, 6) is 0.406. The fourth-order valence-corrected chi connectivity index (χ4v) is 1.67. The Bertz CT molecular complexity index is 431. The van der Waals surface area contributed by atoms with Gasteiger partial charge in [-0.25, -0.2) is 12.8 Å². The molecule has 6 heteroatoms. The Kier molecular flexibility index (Phi) is 5.37. The largest absolute Gasteiger partial charge is 0.492 e. The Balaban J connectivity index is 2.10. The maximum Gasteiger partial charge on any atom is 0.148 e. The highest BCUT2D eigenvalue weighted by atomic mass is 32.2. The van der Waals surface area contributed by atoms with Crippen LogP contribution in [0, 0.1) is 5.82 Å². The summed E-state index contributed by atoms with van der Waals surface area (Å²) in [6.45, 7) is 1.37. The normalized spacial score (nSPS) is 11.4. The lowest BCUT2D eigenvalue weighted by Gasteiger charge is -2.07. The molecule has 0 bridgehead atoms. The molecule has 0 amide bonds.